The Bertz CT molecular complexity index is 286. The lowest BCUT2D eigenvalue weighted by Crippen LogP contribution is -2.15. The zero-order valence-corrected chi connectivity index (χ0v) is 9.90. The number of rotatable bonds is 3. The average molecular weight is 263 g/mol. The lowest BCUT2D eigenvalue weighted by molar-refractivity contribution is 0.666. The van der Waals surface area contributed by atoms with Crippen LogP contribution in [0.5, 0.6) is 0 Å². The van der Waals surface area contributed by atoms with Crippen LogP contribution < -0.4 is 5.73 Å². The fraction of sp³-hybridized carbons (Fsp3) is 0.400. The van der Waals surface area contributed by atoms with E-state index < -0.39 is 0 Å². The normalized spacial score (nSPS) is 12.9. The molecular weight excluding hydrogens is 249 g/mol. The van der Waals surface area contributed by atoms with Gasteiger partial charge in [-0.2, -0.15) is 0 Å². The minimum absolute atomic E-state index is 0.232. The van der Waals surface area contributed by atoms with Crippen molar-refractivity contribution in [3.8, 4) is 0 Å². The van der Waals surface area contributed by atoms with Gasteiger partial charge in [0, 0.05) is 15.5 Å². The van der Waals surface area contributed by atoms with Crippen LogP contribution in [0.25, 0.3) is 0 Å². The third-order valence-corrected chi connectivity index (χ3v) is 2.74. The van der Waals surface area contributed by atoms with Crippen LogP contribution in [0.2, 0.25) is 5.02 Å². The van der Waals surface area contributed by atoms with Crippen LogP contribution in [0.4, 0.5) is 0 Å². The van der Waals surface area contributed by atoms with Crippen molar-refractivity contribution in [2.24, 2.45) is 5.73 Å². The number of aryl methyl sites for hydroxylation is 1. The zero-order chi connectivity index (χ0) is 9.84. The van der Waals surface area contributed by atoms with Crippen molar-refractivity contribution in [2.45, 2.75) is 25.8 Å². The standard InChI is InChI=1S/C10H13BrClN/c1-7(13)2-3-8-6-9(11)4-5-10(8)12/h4-7H,2-3,13H2,1H3/t7-/m1/s1. The number of nitrogens with two attached hydrogens (primary N) is 1. The zero-order valence-electron chi connectivity index (χ0n) is 7.56. The highest BCUT2D eigenvalue weighted by Gasteiger charge is 2.02. The van der Waals surface area contributed by atoms with Gasteiger partial charge >= 0.3 is 0 Å². The lowest BCUT2D eigenvalue weighted by Gasteiger charge is -2.07. The first-order valence-corrected chi connectivity index (χ1v) is 5.46. The quantitative estimate of drug-likeness (QED) is 0.888. The van der Waals surface area contributed by atoms with Crippen LogP contribution in [-0.4, -0.2) is 6.04 Å². The Hall–Kier alpha value is -0.0500. The summed E-state index contributed by atoms with van der Waals surface area (Å²) in [5.74, 6) is 0. The smallest absolute Gasteiger partial charge is 0.0438 e. The highest BCUT2D eigenvalue weighted by atomic mass is 79.9. The predicted octanol–water partition coefficient (Wildman–Crippen LogP) is 3.38. The Balaban J connectivity index is 2.70. The first-order valence-electron chi connectivity index (χ1n) is 4.29. The van der Waals surface area contributed by atoms with Crippen molar-refractivity contribution in [1.29, 1.82) is 0 Å². The van der Waals surface area contributed by atoms with E-state index in [4.69, 9.17) is 17.3 Å². The van der Waals surface area contributed by atoms with Crippen LogP contribution in [0.15, 0.2) is 22.7 Å². The number of benzene rings is 1. The summed E-state index contributed by atoms with van der Waals surface area (Å²) in [4.78, 5) is 0. The highest BCUT2D eigenvalue weighted by Crippen LogP contribution is 2.22. The summed E-state index contributed by atoms with van der Waals surface area (Å²) in [7, 11) is 0. The van der Waals surface area contributed by atoms with E-state index >= 15 is 0 Å². The van der Waals surface area contributed by atoms with E-state index in [0.29, 0.717) is 0 Å². The molecule has 1 aromatic carbocycles. The molecular formula is C10H13BrClN. The topological polar surface area (TPSA) is 26.0 Å². The maximum absolute atomic E-state index is 6.02. The van der Waals surface area contributed by atoms with Gasteiger partial charge in [-0.1, -0.05) is 27.5 Å². The molecule has 0 spiro atoms. The van der Waals surface area contributed by atoms with Crippen molar-refractivity contribution in [2.75, 3.05) is 0 Å². The fourth-order valence-electron chi connectivity index (χ4n) is 1.12. The second kappa shape index (κ2) is 4.99. The molecule has 0 radical (unpaired) electrons. The first kappa shape index (κ1) is 11.0. The molecule has 1 rings (SSSR count). The maximum Gasteiger partial charge on any atom is 0.0438 e. The van der Waals surface area contributed by atoms with Crippen molar-refractivity contribution >= 4 is 27.5 Å². The Morgan fingerprint density at radius 3 is 2.85 bits per heavy atom. The van der Waals surface area contributed by atoms with Gasteiger partial charge < -0.3 is 5.73 Å². The van der Waals surface area contributed by atoms with E-state index in [0.717, 1.165) is 27.9 Å². The minimum Gasteiger partial charge on any atom is -0.328 e. The molecule has 0 bridgehead atoms. The molecule has 0 aliphatic rings. The molecule has 13 heavy (non-hydrogen) atoms. The Labute approximate surface area is 92.4 Å². The molecule has 0 aliphatic carbocycles. The second-order valence-corrected chi connectivity index (χ2v) is 4.57. The molecule has 3 heteroatoms. The van der Waals surface area contributed by atoms with Crippen LogP contribution >= 0.6 is 27.5 Å². The van der Waals surface area contributed by atoms with Gasteiger partial charge in [0.1, 0.15) is 0 Å². The largest absolute Gasteiger partial charge is 0.328 e. The molecule has 1 aromatic rings. The van der Waals surface area contributed by atoms with Gasteiger partial charge in [-0.05, 0) is 43.5 Å². The molecule has 1 nitrogen and oxygen atoms in total. The van der Waals surface area contributed by atoms with Gasteiger partial charge in [0.25, 0.3) is 0 Å². The Morgan fingerprint density at radius 2 is 2.23 bits per heavy atom. The van der Waals surface area contributed by atoms with Crippen LogP contribution in [0.3, 0.4) is 0 Å². The van der Waals surface area contributed by atoms with Crippen molar-refractivity contribution < 1.29 is 0 Å². The van der Waals surface area contributed by atoms with E-state index in [9.17, 15) is 0 Å². The summed E-state index contributed by atoms with van der Waals surface area (Å²) < 4.78 is 1.07. The first-order chi connectivity index (χ1) is 6.09. The van der Waals surface area contributed by atoms with E-state index in [1.807, 2.05) is 25.1 Å². The molecule has 0 amide bonds. The second-order valence-electron chi connectivity index (χ2n) is 3.25. The van der Waals surface area contributed by atoms with Gasteiger partial charge in [0.2, 0.25) is 0 Å². The SMILES string of the molecule is C[C@@H](N)CCc1cc(Br)ccc1Cl. The number of halogens is 2. The average Bonchev–Trinajstić information content (AvgIpc) is 2.06. The lowest BCUT2D eigenvalue weighted by atomic mass is 10.1. The van der Waals surface area contributed by atoms with E-state index in [1.54, 1.807) is 0 Å². The third kappa shape index (κ3) is 3.67. The number of hydrogen-bond donors (Lipinski definition) is 1. The van der Waals surface area contributed by atoms with Gasteiger partial charge in [-0.15, -0.1) is 0 Å². The van der Waals surface area contributed by atoms with E-state index in [2.05, 4.69) is 15.9 Å². The maximum atomic E-state index is 6.02. The van der Waals surface area contributed by atoms with Crippen molar-refractivity contribution in [1.82, 2.24) is 0 Å². The molecule has 72 valence electrons. The molecule has 0 heterocycles. The van der Waals surface area contributed by atoms with Crippen LogP contribution in [0, 0.1) is 0 Å². The predicted molar refractivity (Wildman–Crippen MR) is 61.1 cm³/mol. The van der Waals surface area contributed by atoms with Crippen LogP contribution in [0.1, 0.15) is 18.9 Å². The molecule has 0 saturated heterocycles. The third-order valence-electron chi connectivity index (χ3n) is 1.88. The summed E-state index contributed by atoms with van der Waals surface area (Å²) in [6.07, 6.45) is 1.91. The van der Waals surface area contributed by atoms with Crippen molar-refractivity contribution in [3.05, 3.63) is 33.3 Å². The molecule has 0 aliphatic heterocycles. The fourth-order valence-corrected chi connectivity index (χ4v) is 1.74. The summed E-state index contributed by atoms with van der Waals surface area (Å²) in [6, 6.07) is 6.12. The monoisotopic (exact) mass is 261 g/mol. The van der Waals surface area contributed by atoms with Gasteiger partial charge in [0.15, 0.2) is 0 Å². The van der Waals surface area contributed by atoms with Crippen molar-refractivity contribution in [3.63, 3.8) is 0 Å². The number of hydrogen-bond acceptors (Lipinski definition) is 1. The highest BCUT2D eigenvalue weighted by molar-refractivity contribution is 9.10. The van der Waals surface area contributed by atoms with Gasteiger partial charge in [-0.3, -0.25) is 0 Å². The molecule has 2 N–H and O–H groups in total. The molecule has 0 unspecified atom stereocenters. The van der Waals surface area contributed by atoms with Gasteiger partial charge in [-0.25, -0.2) is 0 Å². The summed E-state index contributed by atoms with van der Waals surface area (Å²) in [5.41, 5.74) is 6.83. The summed E-state index contributed by atoms with van der Waals surface area (Å²) >= 11 is 9.43. The molecule has 0 fully saturated rings. The summed E-state index contributed by atoms with van der Waals surface area (Å²) in [5, 5.41) is 0.823. The Kier molecular flexibility index (Phi) is 4.23. The van der Waals surface area contributed by atoms with E-state index in [-0.39, 0.29) is 6.04 Å². The minimum atomic E-state index is 0.232. The molecule has 0 aromatic heterocycles. The summed E-state index contributed by atoms with van der Waals surface area (Å²) in [6.45, 7) is 2.01. The molecule has 1 atom stereocenters. The molecule has 0 saturated carbocycles. The van der Waals surface area contributed by atoms with E-state index in [1.165, 1.54) is 0 Å². The van der Waals surface area contributed by atoms with Crippen LogP contribution in [-0.2, 0) is 6.42 Å². The van der Waals surface area contributed by atoms with Gasteiger partial charge in [0.05, 0.1) is 0 Å². The Morgan fingerprint density at radius 1 is 1.54 bits per heavy atom.